The van der Waals surface area contributed by atoms with Gasteiger partial charge in [0.2, 0.25) is 0 Å². The van der Waals surface area contributed by atoms with Gasteiger partial charge in [0, 0.05) is 17.8 Å². The molecule has 21 heavy (non-hydrogen) atoms. The maximum atomic E-state index is 11.5. The molecular weight excluding hydrogens is 266 g/mol. The molecule has 0 amide bonds. The number of methoxy groups -OCH3 is 1. The fraction of sp³-hybridized carbons (Fsp3) is 0.235. The molecular formula is C17H17NO3. The van der Waals surface area contributed by atoms with E-state index in [-0.39, 0.29) is 5.97 Å². The summed E-state index contributed by atoms with van der Waals surface area (Å²) >= 11 is 0. The molecule has 0 atom stereocenters. The van der Waals surface area contributed by atoms with Crippen molar-refractivity contribution in [3.63, 3.8) is 0 Å². The third kappa shape index (κ3) is 2.70. The van der Waals surface area contributed by atoms with Gasteiger partial charge in [0.25, 0.3) is 0 Å². The van der Waals surface area contributed by atoms with Crippen LogP contribution in [0.4, 0.5) is 11.4 Å². The van der Waals surface area contributed by atoms with Gasteiger partial charge in [0.15, 0.2) is 0 Å². The van der Waals surface area contributed by atoms with E-state index in [4.69, 9.17) is 9.47 Å². The van der Waals surface area contributed by atoms with E-state index in [0.717, 1.165) is 22.7 Å². The van der Waals surface area contributed by atoms with Crippen molar-refractivity contribution in [1.29, 1.82) is 0 Å². The molecule has 0 aliphatic carbocycles. The van der Waals surface area contributed by atoms with Crippen LogP contribution in [0.15, 0.2) is 48.5 Å². The average Bonchev–Trinajstić information content (AvgIpc) is 2.69. The van der Waals surface area contributed by atoms with E-state index in [1.54, 1.807) is 0 Å². The molecule has 1 aliphatic heterocycles. The van der Waals surface area contributed by atoms with Gasteiger partial charge in [-0.15, -0.1) is 0 Å². The minimum Gasteiger partial charge on any atom is -0.487 e. The smallest absolute Gasteiger partial charge is 0.307 e. The Kier molecular flexibility index (Phi) is 3.77. The van der Waals surface area contributed by atoms with Gasteiger partial charge >= 0.3 is 5.97 Å². The molecule has 0 spiro atoms. The fourth-order valence-electron chi connectivity index (χ4n) is 2.53. The number of hydrogen-bond acceptors (Lipinski definition) is 4. The van der Waals surface area contributed by atoms with Crippen LogP contribution in [0.25, 0.3) is 0 Å². The van der Waals surface area contributed by atoms with E-state index in [9.17, 15) is 4.79 Å². The average molecular weight is 283 g/mol. The highest BCUT2D eigenvalue weighted by molar-refractivity contribution is 5.75. The first kappa shape index (κ1) is 13.5. The lowest BCUT2D eigenvalue weighted by Gasteiger charge is -2.25. The zero-order valence-electron chi connectivity index (χ0n) is 11.9. The van der Waals surface area contributed by atoms with E-state index in [2.05, 4.69) is 11.0 Å². The van der Waals surface area contributed by atoms with Crippen LogP contribution in [0.5, 0.6) is 5.75 Å². The summed E-state index contributed by atoms with van der Waals surface area (Å²) in [5.41, 5.74) is 3.16. The molecule has 3 rings (SSSR count). The van der Waals surface area contributed by atoms with E-state index < -0.39 is 0 Å². The fourth-order valence-corrected chi connectivity index (χ4v) is 2.53. The lowest BCUT2D eigenvalue weighted by molar-refractivity contribution is -0.140. The molecule has 0 saturated heterocycles. The zero-order valence-corrected chi connectivity index (χ0v) is 11.9. The standard InChI is InChI=1S/C17H17NO3/c1-20-17(19)10-11-18-14-7-3-2-6-13(14)12-21-16-9-5-4-8-15(16)18/h2-9H,10-12H2,1H3. The van der Waals surface area contributed by atoms with Crippen molar-refractivity contribution in [1.82, 2.24) is 0 Å². The van der Waals surface area contributed by atoms with Crippen molar-refractivity contribution < 1.29 is 14.3 Å². The van der Waals surface area contributed by atoms with Gasteiger partial charge in [0.1, 0.15) is 12.4 Å². The number of rotatable bonds is 3. The minimum absolute atomic E-state index is 0.213. The highest BCUT2D eigenvalue weighted by atomic mass is 16.5. The van der Waals surface area contributed by atoms with Crippen molar-refractivity contribution in [2.75, 3.05) is 18.6 Å². The Morgan fingerprint density at radius 1 is 1.14 bits per heavy atom. The molecule has 2 aromatic carbocycles. The van der Waals surface area contributed by atoms with E-state index in [1.807, 2.05) is 42.5 Å². The van der Waals surface area contributed by atoms with Gasteiger partial charge in [-0.25, -0.2) is 0 Å². The van der Waals surface area contributed by atoms with E-state index in [1.165, 1.54) is 7.11 Å². The molecule has 0 fully saturated rings. The van der Waals surface area contributed by atoms with Crippen LogP contribution in [-0.4, -0.2) is 19.6 Å². The SMILES string of the molecule is COC(=O)CCN1c2ccccc2COc2ccccc21. The van der Waals surface area contributed by atoms with E-state index in [0.29, 0.717) is 19.6 Å². The topological polar surface area (TPSA) is 38.8 Å². The number of hydrogen-bond donors (Lipinski definition) is 0. The predicted molar refractivity (Wildman–Crippen MR) is 80.9 cm³/mol. The van der Waals surface area contributed by atoms with Gasteiger partial charge in [-0.05, 0) is 18.2 Å². The number of carbonyl (C=O) groups is 1. The Bertz CT molecular complexity index is 606. The molecule has 1 aliphatic rings. The van der Waals surface area contributed by atoms with Crippen LogP contribution in [0.2, 0.25) is 0 Å². The summed E-state index contributed by atoms with van der Waals surface area (Å²) in [7, 11) is 1.41. The zero-order chi connectivity index (χ0) is 14.7. The van der Waals surface area contributed by atoms with Crippen LogP contribution in [0.1, 0.15) is 12.0 Å². The summed E-state index contributed by atoms with van der Waals surface area (Å²) in [6.45, 7) is 1.09. The van der Waals surface area contributed by atoms with Gasteiger partial charge in [0.05, 0.1) is 19.2 Å². The molecule has 0 aromatic heterocycles. The summed E-state index contributed by atoms with van der Waals surface area (Å²) < 4.78 is 10.6. The predicted octanol–water partition coefficient (Wildman–Crippen LogP) is 3.28. The molecule has 4 nitrogen and oxygen atoms in total. The molecule has 2 aromatic rings. The van der Waals surface area contributed by atoms with Crippen LogP contribution in [0, 0.1) is 0 Å². The van der Waals surface area contributed by atoms with Crippen molar-refractivity contribution in [2.45, 2.75) is 13.0 Å². The first-order chi connectivity index (χ1) is 10.3. The number of fused-ring (bicyclic) bond motifs is 2. The van der Waals surface area contributed by atoms with Crippen LogP contribution in [-0.2, 0) is 16.1 Å². The Morgan fingerprint density at radius 2 is 1.86 bits per heavy atom. The quantitative estimate of drug-likeness (QED) is 0.810. The second-order valence-corrected chi connectivity index (χ2v) is 4.86. The lowest BCUT2D eigenvalue weighted by Crippen LogP contribution is -2.21. The van der Waals surface area contributed by atoms with Gasteiger partial charge in [-0.3, -0.25) is 4.79 Å². The number of para-hydroxylation sites is 3. The molecule has 0 saturated carbocycles. The summed E-state index contributed by atoms with van der Waals surface area (Å²) in [4.78, 5) is 13.6. The molecule has 1 heterocycles. The highest BCUT2D eigenvalue weighted by Gasteiger charge is 2.21. The first-order valence-corrected chi connectivity index (χ1v) is 6.93. The number of carbonyl (C=O) groups excluding carboxylic acids is 1. The van der Waals surface area contributed by atoms with Gasteiger partial charge < -0.3 is 14.4 Å². The third-order valence-corrected chi connectivity index (χ3v) is 3.59. The van der Waals surface area contributed by atoms with Crippen molar-refractivity contribution in [3.05, 3.63) is 54.1 Å². The molecule has 108 valence electrons. The van der Waals surface area contributed by atoms with Gasteiger partial charge in [-0.1, -0.05) is 30.3 Å². The van der Waals surface area contributed by atoms with Crippen molar-refractivity contribution in [3.8, 4) is 5.75 Å². The molecule has 4 heteroatoms. The van der Waals surface area contributed by atoms with Crippen LogP contribution < -0.4 is 9.64 Å². The minimum atomic E-state index is -0.213. The first-order valence-electron chi connectivity index (χ1n) is 6.93. The maximum Gasteiger partial charge on any atom is 0.307 e. The summed E-state index contributed by atoms with van der Waals surface area (Å²) in [6.07, 6.45) is 0.333. The van der Waals surface area contributed by atoms with Gasteiger partial charge in [-0.2, -0.15) is 0 Å². The largest absolute Gasteiger partial charge is 0.487 e. The number of benzene rings is 2. The normalized spacial score (nSPS) is 12.7. The Hall–Kier alpha value is -2.49. The number of esters is 1. The molecule has 0 bridgehead atoms. The monoisotopic (exact) mass is 283 g/mol. The molecule has 0 N–H and O–H groups in total. The Labute approximate surface area is 123 Å². The highest BCUT2D eigenvalue weighted by Crippen LogP contribution is 2.39. The number of nitrogens with zero attached hydrogens (tertiary/aromatic N) is 1. The molecule has 0 unspecified atom stereocenters. The lowest BCUT2D eigenvalue weighted by atomic mass is 10.1. The second-order valence-electron chi connectivity index (χ2n) is 4.86. The van der Waals surface area contributed by atoms with E-state index >= 15 is 0 Å². The third-order valence-electron chi connectivity index (χ3n) is 3.59. The van der Waals surface area contributed by atoms with Crippen molar-refractivity contribution >= 4 is 17.3 Å². The number of anilines is 2. The summed E-state index contributed by atoms with van der Waals surface area (Å²) in [6, 6.07) is 16.0. The summed E-state index contributed by atoms with van der Waals surface area (Å²) in [5.74, 6) is 0.619. The van der Waals surface area contributed by atoms with Crippen LogP contribution in [0.3, 0.4) is 0 Å². The van der Waals surface area contributed by atoms with Crippen molar-refractivity contribution in [2.24, 2.45) is 0 Å². The Balaban J connectivity index is 2.00. The number of ether oxygens (including phenoxy) is 2. The molecule has 0 radical (unpaired) electrons. The maximum absolute atomic E-state index is 11.5. The second kappa shape index (κ2) is 5.87. The summed E-state index contributed by atoms with van der Waals surface area (Å²) in [5, 5.41) is 0. The van der Waals surface area contributed by atoms with Crippen LogP contribution >= 0.6 is 0 Å². The Morgan fingerprint density at radius 3 is 2.67 bits per heavy atom.